The topological polar surface area (TPSA) is 81.2 Å². The van der Waals surface area contributed by atoms with Crippen molar-refractivity contribution in [3.63, 3.8) is 0 Å². The van der Waals surface area contributed by atoms with E-state index in [9.17, 15) is 8.42 Å². The van der Waals surface area contributed by atoms with E-state index >= 15 is 0 Å². The van der Waals surface area contributed by atoms with Crippen LogP contribution >= 0.6 is 0 Å². The lowest BCUT2D eigenvalue weighted by Crippen LogP contribution is -2.31. The second kappa shape index (κ2) is 6.27. The Morgan fingerprint density at radius 3 is 3.00 bits per heavy atom. The van der Waals surface area contributed by atoms with Gasteiger partial charge in [-0.2, -0.15) is 4.31 Å². The molecule has 0 bridgehead atoms. The first-order chi connectivity index (χ1) is 12.1. The largest absolute Gasteiger partial charge is 0.472 e. The SMILES string of the molecule is CCCS(=O)(=O)N1CC[C@@H](n2c(-c3ccoc3)nc3cccnc32)C1. The van der Waals surface area contributed by atoms with Crippen molar-refractivity contribution in [3.8, 4) is 11.4 Å². The van der Waals surface area contributed by atoms with Crippen LogP contribution in [0.15, 0.2) is 41.3 Å². The van der Waals surface area contributed by atoms with Crippen LogP contribution in [0.1, 0.15) is 25.8 Å². The van der Waals surface area contributed by atoms with Crippen molar-refractivity contribution in [2.24, 2.45) is 0 Å². The molecule has 0 amide bonds. The number of fused-ring (bicyclic) bond motifs is 1. The lowest BCUT2D eigenvalue weighted by molar-refractivity contribution is 0.454. The van der Waals surface area contributed by atoms with E-state index < -0.39 is 10.0 Å². The van der Waals surface area contributed by atoms with Gasteiger partial charge in [-0.3, -0.25) is 0 Å². The summed E-state index contributed by atoms with van der Waals surface area (Å²) in [6.07, 6.45) is 6.37. The van der Waals surface area contributed by atoms with Gasteiger partial charge in [0.15, 0.2) is 5.65 Å². The summed E-state index contributed by atoms with van der Waals surface area (Å²) >= 11 is 0. The van der Waals surface area contributed by atoms with E-state index in [1.54, 1.807) is 23.0 Å². The Kier molecular flexibility index (Phi) is 4.09. The zero-order chi connectivity index (χ0) is 17.4. The average Bonchev–Trinajstić information content (AvgIpc) is 3.32. The molecule has 3 aromatic rings. The summed E-state index contributed by atoms with van der Waals surface area (Å²) in [6.45, 7) is 2.87. The van der Waals surface area contributed by atoms with Gasteiger partial charge >= 0.3 is 0 Å². The summed E-state index contributed by atoms with van der Waals surface area (Å²) in [6, 6.07) is 5.64. The minimum Gasteiger partial charge on any atom is -0.472 e. The van der Waals surface area contributed by atoms with Crippen molar-refractivity contribution in [2.75, 3.05) is 18.8 Å². The van der Waals surface area contributed by atoms with Gasteiger partial charge in [-0.25, -0.2) is 18.4 Å². The molecule has 8 heteroatoms. The minimum atomic E-state index is -3.19. The second-order valence-corrected chi connectivity index (χ2v) is 8.37. The molecule has 0 aromatic carbocycles. The van der Waals surface area contributed by atoms with Gasteiger partial charge in [-0.1, -0.05) is 6.92 Å². The fourth-order valence-electron chi connectivity index (χ4n) is 3.43. The van der Waals surface area contributed by atoms with Crippen LogP contribution in [0, 0.1) is 0 Å². The van der Waals surface area contributed by atoms with E-state index in [0.29, 0.717) is 19.5 Å². The van der Waals surface area contributed by atoms with Crippen LogP contribution < -0.4 is 0 Å². The first kappa shape index (κ1) is 16.3. The highest BCUT2D eigenvalue weighted by atomic mass is 32.2. The normalized spacial score (nSPS) is 19.0. The molecule has 7 nitrogen and oxygen atoms in total. The average molecular weight is 360 g/mol. The van der Waals surface area contributed by atoms with Crippen molar-refractivity contribution in [1.82, 2.24) is 18.8 Å². The monoisotopic (exact) mass is 360 g/mol. The van der Waals surface area contributed by atoms with Crippen molar-refractivity contribution >= 4 is 21.2 Å². The highest BCUT2D eigenvalue weighted by molar-refractivity contribution is 7.89. The van der Waals surface area contributed by atoms with Crippen molar-refractivity contribution in [3.05, 3.63) is 36.9 Å². The third-order valence-electron chi connectivity index (χ3n) is 4.57. The van der Waals surface area contributed by atoms with Crippen LogP contribution in [0.5, 0.6) is 0 Å². The van der Waals surface area contributed by atoms with Crippen LogP contribution in [0.4, 0.5) is 0 Å². The molecule has 0 saturated carbocycles. The van der Waals surface area contributed by atoms with E-state index in [4.69, 9.17) is 9.40 Å². The summed E-state index contributed by atoms with van der Waals surface area (Å²) in [5.74, 6) is 0.958. The molecular formula is C17H20N4O3S. The van der Waals surface area contributed by atoms with Gasteiger partial charge in [0.2, 0.25) is 10.0 Å². The maximum atomic E-state index is 12.4. The number of sulfonamides is 1. The van der Waals surface area contributed by atoms with Crippen LogP contribution in [0.25, 0.3) is 22.6 Å². The molecule has 0 spiro atoms. The number of imidazole rings is 1. The van der Waals surface area contributed by atoms with Crippen molar-refractivity contribution in [1.29, 1.82) is 0 Å². The quantitative estimate of drug-likeness (QED) is 0.699. The molecule has 4 rings (SSSR count). The van der Waals surface area contributed by atoms with Gasteiger partial charge in [0, 0.05) is 19.3 Å². The van der Waals surface area contributed by atoms with Gasteiger partial charge < -0.3 is 8.98 Å². The number of hydrogen-bond acceptors (Lipinski definition) is 5. The first-order valence-electron chi connectivity index (χ1n) is 8.43. The first-order valence-corrected chi connectivity index (χ1v) is 10.0. The summed E-state index contributed by atoms with van der Waals surface area (Å²) in [5.41, 5.74) is 2.44. The predicted octanol–water partition coefficient (Wildman–Crippen LogP) is 2.68. The molecular weight excluding hydrogens is 340 g/mol. The minimum absolute atomic E-state index is 0.0106. The number of hydrogen-bond donors (Lipinski definition) is 0. The Morgan fingerprint density at radius 2 is 2.24 bits per heavy atom. The van der Waals surface area contributed by atoms with E-state index in [1.807, 2.05) is 25.1 Å². The Bertz CT molecular complexity index is 979. The van der Waals surface area contributed by atoms with Crippen LogP contribution in [-0.4, -0.2) is 46.1 Å². The molecule has 0 N–H and O–H groups in total. The molecule has 1 saturated heterocycles. The molecule has 132 valence electrons. The summed E-state index contributed by atoms with van der Waals surface area (Å²) < 4.78 is 33.7. The van der Waals surface area contributed by atoms with Crippen molar-refractivity contribution < 1.29 is 12.8 Å². The zero-order valence-corrected chi connectivity index (χ0v) is 14.8. The maximum Gasteiger partial charge on any atom is 0.214 e. The number of furan rings is 1. The molecule has 3 aromatic heterocycles. The fraction of sp³-hybridized carbons (Fsp3) is 0.412. The van der Waals surface area contributed by atoms with Crippen LogP contribution in [0.3, 0.4) is 0 Å². The lowest BCUT2D eigenvalue weighted by atomic mass is 10.2. The molecule has 0 unspecified atom stereocenters. The molecule has 0 aliphatic carbocycles. The van der Waals surface area contributed by atoms with Gasteiger partial charge in [-0.05, 0) is 31.0 Å². The van der Waals surface area contributed by atoms with E-state index in [0.717, 1.165) is 29.0 Å². The number of pyridine rings is 1. The third kappa shape index (κ3) is 2.85. The van der Waals surface area contributed by atoms with Crippen molar-refractivity contribution in [2.45, 2.75) is 25.8 Å². The smallest absolute Gasteiger partial charge is 0.214 e. The summed E-state index contributed by atoms with van der Waals surface area (Å²) in [4.78, 5) is 9.18. The Morgan fingerprint density at radius 1 is 1.36 bits per heavy atom. The van der Waals surface area contributed by atoms with E-state index in [2.05, 4.69) is 9.55 Å². The Balaban J connectivity index is 1.76. The third-order valence-corrected chi connectivity index (χ3v) is 6.62. The Hall–Kier alpha value is -2.19. The van der Waals surface area contributed by atoms with Crippen LogP contribution in [0.2, 0.25) is 0 Å². The lowest BCUT2D eigenvalue weighted by Gasteiger charge is -2.18. The highest BCUT2D eigenvalue weighted by Crippen LogP contribution is 2.33. The predicted molar refractivity (Wildman–Crippen MR) is 94.5 cm³/mol. The Labute approximate surface area is 146 Å². The molecule has 1 fully saturated rings. The standard InChI is InChI=1S/C17H20N4O3S/c1-2-10-25(22,23)20-8-5-14(11-20)21-16(13-6-9-24-12-13)19-15-4-3-7-18-17(15)21/h3-4,6-7,9,12,14H,2,5,8,10-11H2,1H3/t14-/m1/s1. The molecule has 25 heavy (non-hydrogen) atoms. The highest BCUT2D eigenvalue weighted by Gasteiger charge is 2.34. The summed E-state index contributed by atoms with van der Waals surface area (Å²) in [7, 11) is -3.19. The van der Waals surface area contributed by atoms with Gasteiger partial charge in [0.1, 0.15) is 17.6 Å². The molecule has 4 heterocycles. The van der Waals surface area contributed by atoms with Gasteiger partial charge in [-0.15, -0.1) is 0 Å². The molecule has 1 aliphatic heterocycles. The molecule has 0 radical (unpaired) electrons. The number of aromatic nitrogens is 3. The van der Waals surface area contributed by atoms with E-state index in [1.165, 1.54) is 0 Å². The second-order valence-electron chi connectivity index (χ2n) is 6.28. The molecule has 1 atom stereocenters. The van der Waals surface area contributed by atoms with Gasteiger partial charge in [0.05, 0.1) is 23.6 Å². The zero-order valence-electron chi connectivity index (χ0n) is 14.0. The van der Waals surface area contributed by atoms with E-state index in [-0.39, 0.29) is 11.8 Å². The maximum absolute atomic E-state index is 12.4. The van der Waals surface area contributed by atoms with Crippen LogP contribution in [-0.2, 0) is 10.0 Å². The molecule has 1 aliphatic rings. The summed E-state index contributed by atoms with van der Waals surface area (Å²) in [5, 5.41) is 0. The number of rotatable bonds is 5. The van der Waals surface area contributed by atoms with Gasteiger partial charge in [0.25, 0.3) is 0 Å². The number of nitrogens with zero attached hydrogens (tertiary/aromatic N) is 4. The fourth-order valence-corrected chi connectivity index (χ4v) is 4.99.